The van der Waals surface area contributed by atoms with E-state index in [0.29, 0.717) is 18.7 Å². The van der Waals surface area contributed by atoms with Gasteiger partial charge in [-0.1, -0.05) is 61.5 Å². The lowest BCUT2D eigenvalue weighted by molar-refractivity contribution is -0.117. The van der Waals surface area contributed by atoms with Crippen LogP contribution in [0.15, 0.2) is 72.8 Å². The molecule has 0 saturated carbocycles. The van der Waals surface area contributed by atoms with E-state index in [0.717, 1.165) is 11.1 Å². The fourth-order valence-corrected chi connectivity index (χ4v) is 4.43. The van der Waals surface area contributed by atoms with Crippen LogP contribution in [-0.4, -0.2) is 36.2 Å². The molecule has 3 N–H and O–H groups in total. The van der Waals surface area contributed by atoms with Gasteiger partial charge in [0.15, 0.2) is 0 Å². The van der Waals surface area contributed by atoms with Gasteiger partial charge in [0.2, 0.25) is 5.91 Å². The Balaban J connectivity index is 1.20. The number of amides is 2. The van der Waals surface area contributed by atoms with Crippen molar-refractivity contribution >= 4 is 23.7 Å². The van der Waals surface area contributed by atoms with Crippen molar-refractivity contribution in [3.63, 3.8) is 0 Å². The molecule has 7 heteroatoms. The van der Waals surface area contributed by atoms with E-state index in [1.54, 1.807) is 12.1 Å². The third kappa shape index (κ3) is 5.87. The van der Waals surface area contributed by atoms with Gasteiger partial charge >= 0.3 is 12.1 Å². The molecule has 0 spiro atoms. The Labute approximate surface area is 204 Å². The molecular weight excluding hydrogens is 444 g/mol. The molecule has 2 amide bonds. The summed E-state index contributed by atoms with van der Waals surface area (Å²) in [6.07, 6.45) is 0.380. The number of carbonyl (C=O) groups excluding carboxylic acids is 2. The number of carbonyl (C=O) groups is 3. The van der Waals surface area contributed by atoms with Crippen molar-refractivity contribution in [2.45, 2.75) is 25.7 Å². The zero-order chi connectivity index (χ0) is 24.8. The lowest BCUT2D eigenvalue weighted by atomic mass is 9.98. The minimum absolute atomic E-state index is 0.00963. The van der Waals surface area contributed by atoms with Crippen LogP contribution in [0.5, 0.6) is 0 Å². The molecule has 1 aliphatic rings. The minimum atomic E-state index is -1.05. The first kappa shape index (κ1) is 24.0. The summed E-state index contributed by atoms with van der Waals surface area (Å²) in [4.78, 5) is 35.6. The van der Waals surface area contributed by atoms with E-state index in [1.165, 1.54) is 23.3 Å². The van der Waals surface area contributed by atoms with E-state index >= 15 is 0 Å². The summed E-state index contributed by atoms with van der Waals surface area (Å²) in [6.45, 7) is 2.57. The molecule has 0 heterocycles. The van der Waals surface area contributed by atoms with E-state index < -0.39 is 12.1 Å². The Morgan fingerprint density at radius 3 is 2.26 bits per heavy atom. The normalized spacial score (nSPS) is 12.8. The van der Waals surface area contributed by atoms with Gasteiger partial charge in [0.1, 0.15) is 6.61 Å². The van der Waals surface area contributed by atoms with E-state index in [2.05, 4.69) is 34.9 Å². The van der Waals surface area contributed by atoms with Crippen molar-refractivity contribution in [3.8, 4) is 11.1 Å². The molecule has 3 aromatic rings. The smallest absolute Gasteiger partial charge is 0.407 e. The number of carboxylic acids is 1. The Morgan fingerprint density at radius 1 is 0.943 bits per heavy atom. The van der Waals surface area contributed by atoms with Crippen LogP contribution in [0, 0.1) is 5.92 Å². The maximum atomic E-state index is 12.3. The number of ether oxygens (including phenoxy) is 1. The van der Waals surface area contributed by atoms with Crippen LogP contribution in [0.4, 0.5) is 10.5 Å². The Hall–Kier alpha value is -4.13. The number of nitrogens with one attached hydrogen (secondary N) is 2. The van der Waals surface area contributed by atoms with Gasteiger partial charge in [-0.3, -0.25) is 4.79 Å². The zero-order valence-electron chi connectivity index (χ0n) is 19.5. The quantitative estimate of drug-likeness (QED) is 0.393. The number of hydrogen-bond acceptors (Lipinski definition) is 4. The monoisotopic (exact) mass is 472 g/mol. The maximum absolute atomic E-state index is 12.3. The molecule has 0 fully saturated rings. The fraction of sp³-hybridized carbons (Fsp3) is 0.250. The summed E-state index contributed by atoms with van der Waals surface area (Å²) < 4.78 is 5.53. The van der Waals surface area contributed by atoms with Crippen LogP contribution >= 0.6 is 0 Å². The average Bonchev–Trinajstić information content (AvgIpc) is 3.16. The molecule has 3 aromatic carbocycles. The summed E-state index contributed by atoms with van der Waals surface area (Å²) >= 11 is 0. The third-order valence-electron chi connectivity index (χ3n) is 6.18. The van der Waals surface area contributed by atoms with Crippen molar-refractivity contribution < 1.29 is 24.2 Å². The molecule has 0 saturated heterocycles. The third-order valence-corrected chi connectivity index (χ3v) is 6.18. The highest BCUT2D eigenvalue weighted by molar-refractivity contribution is 5.94. The van der Waals surface area contributed by atoms with Crippen molar-refractivity contribution in [2.24, 2.45) is 5.92 Å². The number of carboxylic acid groups (broad SMARTS) is 1. The van der Waals surface area contributed by atoms with E-state index in [4.69, 9.17) is 9.84 Å². The highest BCUT2D eigenvalue weighted by atomic mass is 16.5. The van der Waals surface area contributed by atoms with Gasteiger partial charge in [0, 0.05) is 24.6 Å². The SMILES string of the molecule is CC(CCNC(=O)OCC1c2ccccc2-c2ccccc21)CC(=O)Nc1cccc(C(=O)O)c1. The number of benzene rings is 3. The molecular formula is C28H28N2O5. The number of rotatable bonds is 9. The second-order valence-electron chi connectivity index (χ2n) is 8.78. The highest BCUT2D eigenvalue weighted by Crippen LogP contribution is 2.44. The first-order valence-corrected chi connectivity index (χ1v) is 11.6. The van der Waals surface area contributed by atoms with Gasteiger partial charge in [-0.05, 0) is 52.8 Å². The molecule has 0 aliphatic heterocycles. The van der Waals surface area contributed by atoms with Crippen molar-refractivity contribution in [1.29, 1.82) is 0 Å². The number of fused-ring (bicyclic) bond motifs is 3. The maximum Gasteiger partial charge on any atom is 0.407 e. The van der Waals surface area contributed by atoms with Crippen LogP contribution in [0.2, 0.25) is 0 Å². The van der Waals surface area contributed by atoms with Gasteiger partial charge in [-0.15, -0.1) is 0 Å². The second kappa shape index (κ2) is 10.9. The number of hydrogen-bond donors (Lipinski definition) is 3. The summed E-state index contributed by atoms with van der Waals surface area (Å²) in [5, 5.41) is 14.6. The number of alkyl carbamates (subject to hydrolysis) is 1. The van der Waals surface area contributed by atoms with Crippen molar-refractivity contribution in [1.82, 2.24) is 5.32 Å². The first-order valence-electron chi connectivity index (χ1n) is 11.6. The first-order chi connectivity index (χ1) is 16.9. The van der Waals surface area contributed by atoms with E-state index in [9.17, 15) is 14.4 Å². The van der Waals surface area contributed by atoms with E-state index in [1.807, 2.05) is 31.2 Å². The molecule has 7 nitrogen and oxygen atoms in total. The molecule has 180 valence electrons. The second-order valence-corrected chi connectivity index (χ2v) is 8.78. The van der Waals surface area contributed by atoms with Crippen LogP contribution in [0.3, 0.4) is 0 Å². The average molecular weight is 473 g/mol. The highest BCUT2D eigenvalue weighted by Gasteiger charge is 2.29. The molecule has 0 radical (unpaired) electrons. The number of aromatic carboxylic acids is 1. The zero-order valence-corrected chi connectivity index (χ0v) is 19.5. The Kier molecular flexibility index (Phi) is 7.45. The van der Waals surface area contributed by atoms with E-state index in [-0.39, 0.29) is 36.3 Å². The molecule has 4 rings (SSSR count). The molecule has 1 aliphatic carbocycles. The van der Waals surface area contributed by atoms with Crippen LogP contribution in [0.25, 0.3) is 11.1 Å². The molecule has 1 unspecified atom stereocenters. The fourth-order valence-electron chi connectivity index (χ4n) is 4.43. The summed E-state index contributed by atoms with van der Waals surface area (Å²) in [6, 6.07) is 22.5. The topological polar surface area (TPSA) is 105 Å². The standard InChI is InChI=1S/C28H28N2O5/c1-18(15-26(31)30-20-8-6-7-19(16-20)27(32)33)13-14-29-28(34)35-17-25-23-11-4-2-9-21(23)22-10-3-5-12-24(22)25/h2-12,16,18,25H,13-15,17H2,1H3,(H,29,34)(H,30,31)(H,32,33). The van der Waals surface area contributed by atoms with Gasteiger partial charge < -0.3 is 20.5 Å². The Morgan fingerprint density at radius 2 is 1.60 bits per heavy atom. The van der Waals surface area contributed by atoms with Crippen LogP contribution in [0.1, 0.15) is 47.2 Å². The molecule has 0 bridgehead atoms. The summed E-state index contributed by atoms with van der Waals surface area (Å²) in [5.41, 5.74) is 5.24. The summed E-state index contributed by atoms with van der Waals surface area (Å²) in [5.74, 6) is -1.23. The lowest BCUT2D eigenvalue weighted by Gasteiger charge is -2.15. The molecule has 35 heavy (non-hydrogen) atoms. The van der Waals surface area contributed by atoms with Crippen molar-refractivity contribution in [2.75, 3.05) is 18.5 Å². The molecule has 0 aromatic heterocycles. The van der Waals surface area contributed by atoms with Crippen LogP contribution < -0.4 is 10.6 Å². The lowest BCUT2D eigenvalue weighted by Crippen LogP contribution is -2.28. The predicted molar refractivity (Wildman–Crippen MR) is 134 cm³/mol. The van der Waals surface area contributed by atoms with Crippen LogP contribution in [-0.2, 0) is 9.53 Å². The Bertz CT molecular complexity index is 1190. The number of anilines is 1. The minimum Gasteiger partial charge on any atom is -0.478 e. The predicted octanol–water partition coefficient (Wildman–Crippen LogP) is 5.28. The van der Waals surface area contributed by atoms with Gasteiger partial charge in [0.05, 0.1) is 5.56 Å². The van der Waals surface area contributed by atoms with Gasteiger partial charge in [0.25, 0.3) is 0 Å². The van der Waals surface area contributed by atoms with Crippen molar-refractivity contribution in [3.05, 3.63) is 89.5 Å². The van der Waals surface area contributed by atoms with Gasteiger partial charge in [-0.2, -0.15) is 0 Å². The van der Waals surface area contributed by atoms with Gasteiger partial charge in [-0.25, -0.2) is 9.59 Å². The largest absolute Gasteiger partial charge is 0.478 e. The summed E-state index contributed by atoms with van der Waals surface area (Å²) in [7, 11) is 0. The molecule has 1 atom stereocenters.